The second kappa shape index (κ2) is 6.36. The molecule has 2 aliphatic rings. The predicted molar refractivity (Wildman–Crippen MR) is 90.3 cm³/mol. The van der Waals surface area contributed by atoms with Crippen molar-refractivity contribution in [1.29, 1.82) is 0 Å². The Hall–Kier alpha value is -2.21. The molecule has 1 atom stereocenters. The Balaban J connectivity index is 1.76. The van der Waals surface area contributed by atoms with E-state index in [1.165, 1.54) is 4.90 Å². The van der Waals surface area contributed by atoms with Crippen molar-refractivity contribution < 1.29 is 14.4 Å². The van der Waals surface area contributed by atoms with Crippen LogP contribution in [0, 0.1) is 19.8 Å². The first kappa shape index (κ1) is 16.6. The van der Waals surface area contributed by atoms with E-state index in [0.29, 0.717) is 31.6 Å². The third kappa shape index (κ3) is 2.94. The average molecular weight is 329 g/mol. The number of carbonyl (C=O) groups is 3. The van der Waals surface area contributed by atoms with Crippen LogP contribution >= 0.6 is 0 Å². The van der Waals surface area contributed by atoms with Gasteiger partial charge in [-0.15, -0.1) is 0 Å². The molecular weight excluding hydrogens is 306 g/mol. The number of carbonyl (C=O) groups excluding carboxylic acids is 3. The van der Waals surface area contributed by atoms with Gasteiger partial charge in [0.2, 0.25) is 11.8 Å². The van der Waals surface area contributed by atoms with Crippen molar-refractivity contribution >= 4 is 23.4 Å². The molecule has 3 rings (SSSR count). The summed E-state index contributed by atoms with van der Waals surface area (Å²) in [6.07, 6.45) is 1.50. The zero-order valence-electron chi connectivity index (χ0n) is 14.1. The largest absolute Gasteiger partial charge is 0.369 e. The standard InChI is InChI=1S/C18H23N3O3/c1-11-3-4-14(12(2)9-11)21-16(22)10-15(18(21)24)20-7-5-13(6-8-20)17(19)23/h3-4,9,13,15H,5-8,10H2,1-2H3,(H2,19,23). The molecule has 2 heterocycles. The molecule has 2 aliphatic heterocycles. The third-order valence-electron chi connectivity index (χ3n) is 5.09. The number of primary amides is 1. The molecule has 1 aromatic rings. The molecule has 3 amide bonds. The number of anilines is 1. The third-order valence-corrected chi connectivity index (χ3v) is 5.09. The van der Waals surface area contributed by atoms with Crippen LogP contribution in [0.1, 0.15) is 30.4 Å². The number of rotatable bonds is 3. The molecule has 2 saturated heterocycles. The molecule has 0 saturated carbocycles. The van der Waals surface area contributed by atoms with Crippen molar-refractivity contribution in [2.75, 3.05) is 18.0 Å². The molecule has 1 unspecified atom stereocenters. The molecule has 6 heteroatoms. The van der Waals surface area contributed by atoms with Gasteiger partial charge in [0, 0.05) is 5.92 Å². The van der Waals surface area contributed by atoms with Gasteiger partial charge in [-0.2, -0.15) is 0 Å². The predicted octanol–water partition coefficient (Wildman–Crippen LogP) is 1.13. The number of amides is 3. The summed E-state index contributed by atoms with van der Waals surface area (Å²) in [4.78, 5) is 39.9. The molecule has 128 valence electrons. The number of hydrogen-bond donors (Lipinski definition) is 1. The lowest BCUT2D eigenvalue weighted by molar-refractivity contribution is -0.124. The highest BCUT2D eigenvalue weighted by Gasteiger charge is 2.44. The lowest BCUT2D eigenvalue weighted by Crippen LogP contribution is -2.47. The van der Waals surface area contributed by atoms with Crippen molar-refractivity contribution in [3.05, 3.63) is 29.3 Å². The summed E-state index contributed by atoms with van der Waals surface area (Å²) in [6, 6.07) is 5.30. The maximum atomic E-state index is 12.8. The van der Waals surface area contributed by atoms with Gasteiger partial charge in [0.1, 0.15) is 0 Å². The fourth-order valence-corrected chi connectivity index (χ4v) is 3.71. The summed E-state index contributed by atoms with van der Waals surface area (Å²) in [7, 11) is 0. The molecule has 0 spiro atoms. The van der Waals surface area contributed by atoms with E-state index < -0.39 is 6.04 Å². The quantitative estimate of drug-likeness (QED) is 0.843. The van der Waals surface area contributed by atoms with Crippen LogP contribution in [0.15, 0.2) is 18.2 Å². The first-order chi connectivity index (χ1) is 11.4. The van der Waals surface area contributed by atoms with Gasteiger partial charge in [-0.1, -0.05) is 17.7 Å². The van der Waals surface area contributed by atoms with E-state index >= 15 is 0 Å². The van der Waals surface area contributed by atoms with Crippen LogP contribution < -0.4 is 10.6 Å². The molecule has 0 aliphatic carbocycles. The Labute approximate surface area is 141 Å². The summed E-state index contributed by atoms with van der Waals surface area (Å²) in [5.41, 5.74) is 8.05. The number of aryl methyl sites for hydroxylation is 2. The molecule has 24 heavy (non-hydrogen) atoms. The van der Waals surface area contributed by atoms with Crippen LogP contribution in [0.25, 0.3) is 0 Å². The number of benzene rings is 1. The highest BCUT2D eigenvalue weighted by Crippen LogP contribution is 2.30. The molecular formula is C18H23N3O3. The van der Waals surface area contributed by atoms with Gasteiger partial charge < -0.3 is 5.73 Å². The zero-order valence-corrected chi connectivity index (χ0v) is 14.1. The maximum absolute atomic E-state index is 12.8. The maximum Gasteiger partial charge on any atom is 0.251 e. The van der Waals surface area contributed by atoms with Crippen molar-refractivity contribution in [2.24, 2.45) is 11.7 Å². The van der Waals surface area contributed by atoms with Crippen LogP contribution in [0.4, 0.5) is 5.69 Å². The van der Waals surface area contributed by atoms with E-state index in [0.717, 1.165) is 11.1 Å². The normalized spacial score (nSPS) is 23.1. The smallest absolute Gasteiger partial charge is 0.251 e. The Bertz CT molecular complexity index is 693. The first-order valence-corrected chi connectivity index (χ1v) is 8.36. The Kier molecular flexibility index (Phi) is 4.41. The van der Waals surface area contributed by atoms with E-state index in [-0.39, 0.29) is 30.1 Å². The minimum atomic E-state index is -0.424. The second-order valence-electron chi connectivity index (χ2n) is 6.79. The summed E-state index contributed by atoms with van der Waals surface area (Å²) in [5, 5.41) is 0. The van der Waals surface area contributed by atoms with Crippen molar-refractivity contribution in [3.63, 3.8) is 0 Å². The fraction of sp³-hybridized carbons (Fsp3) is 0.500. The van der Waals surface area contributed by atoms with E-state index in [9.17, 15) is 14.4 Å². The highest BCUT2D eigenvalue weighted by atomic mass is 16.2. The lowest BCUT2D eigenvalue weighted by Gasteiger charge is -2.33. The van der Waals surface area contributed by atoms with Gasteiger partial charge in [0.15, 0.2) is 0 Å². The number of piperidine rings is 1. The summed E-state index contributed by atoms with van der Waals surface area (Å²) >= 11 is 0. The van der Waals surface area contributed by atoms with Gasteiger partial charge in [-0.3, -0.25) is 19.3 Å². The number of nitrogens with two attached hydrogens (primary N) is 1. The Morgan fingerprint density at radius 1 is 1.17 bits per heavy atom. The van der Waals surface area contributed by atoms with Gasteiger partial charge in [-0.25, -0.2) is 4.90 Å². The van der Waals surface area contributed by atoms with Gasteiger partial charge in [-0.05, 0) is 51.4 Å². The van der Waals surface area contributed by atoms with E-state index in [1.807, 2.05) is 36.9 Å². The van der Waals surface area contributed by atoms with Crippen LogP contribution in [0.2, 0.25) is 0 Å². The molecule has 1 aromatic carbocycles. The van der Waals surface area contributed by atoms with Crippen molar-refractivity contribution in [2.45, 2.75) is 39.2 Å². The number of hydrogen-bond acceptors (Lipinski definition) is 4. The summed E-state index contributed by atoms with van der Waals surface area (Å²) in [5.74, 6) is -0.720. The molecule has 2 N–H and O–H groups in total. The minimum Gasteiger partial charge on any atom is -0.369 e. The Morgan fingerprint density at radius 3 is 2.42 bits per heavy atom. The molecule has 6 nitrogen and oxygen atoms in total. The molecule has 2 fully saturated rings. The zero-order chi connectivity index (χ0) is 17.4. The minimum absolute atomic E-state index is 0.121. The molecule has 0 radical (unpaired) electrons. The number of likely N-dealkylation sites (tertiary alicyclic amines) is 1. The number of nitrogens with zero attached hydrogens (tertiary/aromatic N) is 2. The van der Waals surface area contributed by atoms with Crippen LogP contribution in [0.5, 0.6) is 0 Å². The SMILES string of the molecule is Cc1ccc(N2C(=O)CC(N3CCC(C(N)=O)CC3)C2=O)c(C)c1. The van der Waals surface area contributed by atoms with Crippen LogP contribution in [-0.4, -0.2) is 41.8 Å². The van der Waals surface area contributed by atoms with E-state index in [2.05, 4.69) is 0 Å². The van der Waals surface area contributed by atoms with Gasteiger partial charge >= 0.3 is 0 Å². The topological polar surface area (TPSA) is 83.7 Å². The van der Waals surface area contributed by atoms with Crippen molar-refractivity contribution in [3.8, 4) is 0 Å². The monoisotopic (exact) mass is 329 g/mol. The fourth-order valence-electron chi connectivity index (χ4n) is 3.71. The summed E-state index contributed by atoms with van der Waals surface area (Å²) < 4.78 is 0. The van der Waals surface area contributed by atoms with Gasteiger partial charge in [0.25, 0.3) is 5.91 Å². The summed E-state index contributed by atoms with van der Waals surface area (Å²) in [6.45, 7) is 5.14. The number of imide groups is 1. The van der Waals surface area contributed by atoms with Crippen molar-refractivity contribution in [1.82, 2.24) is 4.90 Å². The van der Waals surface area contributed by atoms with E-state index in [1.54, 1.807) is 0 Å². The van der Waals surface area contributed by atoms with Crippen LogP contribution in [-0.2, 0) is 14.4 Å². The molecule has 0 bridgehead atoms. The second-order valence-corrected chi connectivity index (χ2v) is 6.79. The highest BCUT2D eigenvalue weighted by molar-refractivity contribution is 6.22. The van der Waals surface area contributed by atoms with Gasteiger partial charge in [0.05, 0.1) is 18.2 Å². The Morgan fingerprint density at radius 2 is 1.83 bits per heavy atom. The van der Waals surface area contributed by atoms with E-state index in [4.69, 9.17) is 5.73 Å². The molecule has 0 aromatic heterocycles. The first-order valence-electron chi connectivity index (χ1n) is 8.36. The lowest BCUT2D eigenvalue weighted by atomic mass is 9.95. The average Bonchev–Trinajstić information content (AvgIpc) is 2.83. The van der Waals surface area contributed by atoms with Crippen LogP contribution in [0.3, 0.4) is 0 Å².